The standard InChI is InChI=1S/C15H22N4O/c1-11(2)15(18-7-9-20-10-8-18)19-13-6-4-5-12(3)14(13)16-17-19/h4-6,11,15H,7-10H2,1-3H3. The van der Waals surface area contributed by atoms with Crippen molar-refractivity contribution in [3.8, 4) is 0 Å². The van der Waals surface area contributed by atoms with Gasteiger partial charge in [0.25, 0.3) is 0 Å². The number of hydrogen-bond acceptors (Lipinski definition) is 4. The Labute approximate surface area is 119 Å². The fourth-order valence-corrected chi connectivity index (χ4v) is 3.00. The van der Waals surface area contributed by atoms with E-state index in [1.807, 2.05) is 0 Å². The lowest BCUT2D eigenvalue weighted by molar-refractivity contribution is -0.0189. The Bertz CT molecular complexity index is 587. The molecule has 20 heavy (non-hydrogen) atoms. The molecule has 2 heterocycles. The maximum atomic E-state index is 5.47. The van der Waals surface area contributed by atoms with E-state index in [9.17, 15) is 0 Å². The summed E-state index contributed by atoms with van der Waals surface area (Å²) in [4.78, 5) is 2.45. The van der Waals surface area contributed by atoms with Gasteiger partial charge in [-0.05, 0) is 24.5 Å². The van der Waals surface area contributed by atoms with Crippen LogP contribution in [0.25, 0.3) is 11.0 Å². The summed E-state index contributed by atoms with van der Waals surface area (Å²) in [7, 11) is 0. The quantitative estimate of drug-likeness (QED) is 0.861. The van der Waals surface area contributed by atoms with Crippen LogP contribution in [0.3, 0.4) is 0 Å². The van der Waals surface area contributed by atoms with Crippen molar-refractivity contribution in [2.75, 3.05) is 26.3 Å². The fourth-order valence-electron chi connectivity index (χ4n) is 3.00. The van der Waals surface area contributed by atoms with Gasteiger partial charge in [0, 0.05) is 13.1 Å². The molecule has 1 fully saturated rings. The number of fused-ring (bicyclic) bond motifs is 1. The molecule has 0 spiro atoms. The Morgan fingerprint density at radius 1 is 1.20 bits per heavy atom. The third-order valence-electron chi connectivity index (χ3n) is 3.97. The zero-order valence-electron chi connectivity index (χ0n) is 12.4. The maximum Gasteiger partial charge on any atom is 0.116 e. The second-order valence-electron chi connectivity index (χ2n) is 5.78. The van der Waals surface area contributed by atoms with Gasteiger partial charge in [0.15, 0.2) is 0 Å². The van der Waals surface area contributed by atoms with E-state index in [-0.39, 0.29) is 6.17 Å². The van der Waals surface area contributed by atoms with E-state index < -0.39 is 0 Å². The second kappa shape index (κ2) is 5.50. The van der Waals surface area contributed by atoms with Gasteiger partial charge in [-0.15, -0.1) is 5.10 Å². The van der Waals surface area contributed by atoms with E-state index in [1.165, 1.54) is 5.56 Å². The molecular formula is C15H22N4O. The molecule has 3 rings (SSSR count). The van der Waals surface area contributed by atoms with E-state index in [0.717, 1.165) is 37.3 Å². The Kier molecular flexibility index (Phi) is 3.72. The van der Waals surface area contributed by atoms with E-state index in [1.54, 1.807) is 0 Å². The molecule has 0 aliphatic carbocycles. The lowest BCUT2D eigenvalue weighted by atomic mass is 10.1. The molecule has 2 aromatic rings. The molecule has 0 saturated carbocycles. The van der Waals surface area contributed by atoms with E-state index in [4.69, 9.17) is 4.74 Å². The number of rotatable bonds is 3. The summed E-state index contributed by atoms with van der Waals surface area (Å²) in [5, 5.41) is 8.81. The van der Waals surface area contributed by atoms with Crippen LogP contribution in [0.2, 0.25) is 0 Å². The molecule has 0 N–H and O–H groups in total. The van der Waals surface area contributed by atoms with Crippen molar-refractivity contribution >= 4 is 11.0 Å². The number of nitrogens with zero attached hydrogens (tertiary/aromatic N) is 4. The molecule has 1 aromatic heterocycles. The second-order valence-corrected chi connectivity index (χ2v) is 5.78. The van der Waals surface area contributed by atoms with Gasteiger partial charge in [-0.25, -0.2) is 4.68 Å². The average molecular weight is 274 g/mol. The highest BCUT2D eigenvalue weighted by atomic mass is 16.5. The number of hydrogen-bond donors (Lipinski definition) is 0. The highest BCUT2D eigenvalue weighted by Crippen LogP contribution is 2.27. The molecule has 1 saturated heterocycles. The molecule has 0 radical (unpaired) electrons. The lowest BCUT2D eigenvalue weighted by Crippen LogP contribution is -2.43. The van der Waals surface area contributed by atoms with Crippen LogP contribution >= 0.6 is 0 Å². The highest BCUT2D eigenvalue weighted by molar-refractivity contribution is 5.77. The minimum Gasteiger partial charge on any atom is -0.379 e. The number of aromatic nitrogens is 3. The fraction of sp³-hybridized carbons (Fsp3) is 0.600. The zero-order chi connectivity index (χ0) is 14.1. The summed E-state index contributed by atoms with van der Waals surface area (Å²) in [5.74, 6) is 0.471. The Morgan fingerprint density at radius 3 is 2.65 bits per heavy atom. The SMILES string of the molecule is Cc1cccc2c1nnn2C(C(C)C)N1CCOCC1. The summed E-state index contributed by atoms with van der Waals surface area (Å²) < 4.78 is 7.55. The van der Waals surface area contributed by atoms with Crippen LogP contribution in [-0.2, 0) is 4.74 Å². The molecule has 1 unspecified atom stereocenters. The van der Waals surface area contributed by atoms with Gasteiger partial charge in [0.2, 0.25) is 0 Å². The molecular weight excluding hydrogens is 252 g/mol. The number of morpholine rings is 1. The first-order valence-electron chi connectivity index (χ1n) is 7.31. The van der Waals surface area contributed by atoms with Crippen molar-refractivity contribution in [2.45, 2.75) is 26.9 Å². The van der Waals surface area contributed by atoms with Crippen molar-refractivity contribution in [3.63, 3.8) is 0 Å². The lowest BCUT2D eigenvalue weighted by Gasteiger charge is -2.36. The first-order valence-corrected chi connectivity index (χ1v) is 7.31. The topological polar surface area (TPSA) is 43.2 Å². The Morgan fingerprint density at radius 2 is 1.95 bits per heavy atom. The number of ether oxygens (including phenoxy) is 1. The van der Waals surface area contributed by atoms with Crippen molar-refractivity contribution in [1.82, 2.24) is 19.9 Å². The molecule has 0 amide bonds. The van der Waals surface area contributed by atoms with Crippen LogP contribution in [0, 0.1) is 12.8 Å². The molecule has 1 aliphatic heterocycles. The van der Waals surface area contributed by atoms with Crippen molar-refractivity contribution in [2.24, 2.45) is 5.92 Å². The number of aryl methyl sites for hydroxylation is 1. The zero-order valence-corrected chi connectivity index (χ0v) is 12.4. The van der Waals surface area contributed by atoms with E-state index >= 15 is 0 Å². The van der Waals surface area contributed by atoms with Gasteiger partial charge >= 0.3 is 0 Å². The monoisotopic (exact) mass is 274 g/mol. The van der Waals surface area contributed by atoms with Gasteiger partial charge in [0.05, 0.1) is 18.7 Å². The normalized spacial score (nSPS) is 18.8. The molecule has 5 heteroatoms. The third-order valence-corrected chi connectivity index (χ3v) is 3.97. The Balaban J connectivity index is 2.03. The van der Waals surface area contributed by atoms with E-state index in [2.05, 4.69) is 58.9 Å². The van der Waals surface area contributed by atoms with Crippen LogP contribution in [-0.4, -0.2) is 46.2 Å². The third kappa shape index (κ3) is 2.31. The smallest absolute Gasteiger partial charge is 0.116 e. The minimum absolute atomic E-state index is 0.241. The first-order chi connectivity index (χ1) is 9.68. The summed E-state index contributed by atoms with van der Waals surface area (Å²) in [5.41, 5.74) is 3.31. The first kappa shape index (κ1) is 13.5. The van der Waals surface area contributed by atoms with Gasteiger partial charge in [0.1, 0.15) is 11.7 Å². The minimum atomic E-state index is 0.241. The van der Waals surface area contributed by atoms with Crippen LogP contribution in [0.5, 0.6) is 0 Å². The predicted molar refractivity (Wildman–Crippen MR) is 78.5 cm³/mol. The van der Waals surface area contributed by atoms with Gasteiger partial charge < -0.3 is 4.74 Å². The predicted octanol–water partition coefficient (Wildman–Crippen LogP) is 2.23. The molecule has 1 atom stereocenters. The van der Waals surface area contributed by atoms with Gasteiger partial charge in [-0.3, -0.25) is 4.90 Å². The van der Waals surface area contributed by atoms with Crippen molar-refractivity contribution < 1.29 is 4.74 Å². The van der Waals surface area contributed by atoms with Crippen molar-refractivity contribution in [3.05, 3.63) is 23.8 Å². The molecule has 108 valence electrons. The maximum absolute atomic E-state index is 5.47. The average Bonchev–Trinajstić information content (AvgIpc) is 2.85. The molecule has 1 aromatic carbocycles. The molecule has 5 nitrogen and oxygen atoms in total. The summed E-state index contributed by atoms with van der Waals surface area (Å²) in [6.45, 7) is 10.1. The van der Waals surface area contributed by atoms with Crippen LogP contribution < -0.4 is 0 Å². The summed E-state index contributed by atoms with van der Waals surface area (Å²) in [6, 6.07) is 6.27. The number of benzene rings is 1. The van der Waals surface area contributed by atoms with Gasteiger partial charge in [-0.2, -0.15) is 0 Å². The molecule has 0 bridgehead atoms. The van der Waals surface area contributed by atoms with Crippen LogP contribution in [0.1, 0.15) is 25.6 Å². The Hall–Kier alpha value is -1.46. The van der Waals surface area contributed by atoms with E-state index in [0.29, 0.717) is 5.92 Å². The van der Waals surface area contributed by atoms with Crippen molar-refractivity contribution in [1.29, 1.82) is 0 Å². The summed E-state index contributed by atoms with van der Waals surface area (Å²) in [6.07, 6.45) is 0.241. The molecule has 1 aliphatic rings. The highest BCUT2D eigenvalue weighted by Gasteiger charge is 2.27. The summed E-state index contributed by atoms with van der Waals surface area (Å²) >= 11 is 0. The van der Waals surface area contributed by atoms with Crippen LogP contribution in [0.15, 0.2) is 18.2 Å². The van der Waals surface area contributed by atoms with Gasteiger partial charge in [-0.1, -0.05) is 31.2 Å². The van der Waals surface area contributed by atoms with Crippen LogP contribution in [0.4, 0.5) is 0 Å². The largest absolute Gasteiger partial charge is 0.379 e.